The smallest absolute Gasteiger partial charge is 0.169 e. The number of fused-ring (bicyclic) bond motifs is 1. The number of benzene rings is 1. The summed E-state index contributed by atoms with van der Waals surface area (Å²) < 4.78 is 24.9. The van der Waals surface area contributed by atoms with Crippen molar-refractivity contribution < 1.29 is 13.9 Å². The van der Waals surface area contributed by atoms with E-state index in [1.54, 1.807) is 12.1 Å². The quantitative estimate of drug-likeness (QED) is 0.898. The fraction of sp³-hybridized carbons (Fsp3) is 0.625. The van der Waals surface area contributed by atoms with Gasteiger partial charge >= 0.3 is 0 Å². The summed E-state index contributed by atoms with van der Waals surface area (Å²) in [5, 5.41) is 3.30. The van der Waals surface area contributed by atoms with Crippen molar-refractivity contribution in [1.29, 1.82) is 0 Å². The molecule has 116 valence electrons. The van der Waals surface area contributed by atoms with E-state index in [-0.39, 0.29) is 11.9 Å². The Morgan fingerprint density at radius 3 is 3.24 bits per heavy atom. The Labute approximate surface area is 125 Å². The van der Waals surface area contributed by atoms with Crippen molar-refractivity contribution in [2.45, 2.75) is 31.5 Å². The Hall–Kier alpha value is -1.17. The topological polar surface area (TPSA) is 33.7 Å². The van der Waals surface area contributed by atoms with Crippen LogP contribution in [0.25, 0.3) is 0 Å². The first-order chi connectivity index (χ1) is 10.3. The number of nitrogens with zero attached hydrogens (tertiary/aromatic N) is 1. The van der Waals surface area contributed by atoms with E-state index in [1.807, 2.05) is 6.07 Å². The second-order valence-corrected chi connectivity index (χ2v) is 5.81. The van der Waals surface area contributed by atoms with Gasteiger partial charge in [-0.3, -0.25) is 4.90 Å². The van der Waals surface area contributed by atoms with Crippen LogP contribution in [0.15, 0.2) is 18.2 Å². The van der Waals surface area contributed by atoms with Crippen LogP contribution in [0.2, 0.25) is 0 Å². The van der Waals surface area contributed by atoms with Gasteiger partial charge in [0, 0.05) is 31.2 Å². The van der Waals surface area contributed by atoms with Gasteiger partial charge in [-0.1, -0.05) is 12.1 Å². The molecule has 0 radical (unpaired) electrons. The van der Waals surface area contributed by atoms with E-state index in [9.17, 15) is 4.39 Å². The van der Waals surface area contributed by atoms with Crippen LogP contribution in [-0.2, 0) is 11.3 Å². The second-order valence-electron chi connectivity index (χ2n) is 5.81. The van der Waals surface area contributed by atoms with E-state index >= 15 is 0 Å². The first-order valence-electron chi connectivity index (χ1n) is 7.65. The van der Waals surface area contributed by atoms with Crippen molar-refractivity contribution in [2.24, 2.45) is 0 Å². The fourth-order valence-electron chi connectivity index (χ4n) is 3.23. The number of hydrogen-bond donors (Lipinski definition) is 1. The van der Waals surface area contributed by atoms with Crippen molar-refractivity contribution in [3.05, 3.63) is 29.6 Å². The second kappa shape index (κ2) is 6.73. The number of ether oxygens (including phenoxy) is 2. The first-order valence-corrected chi connectivity index (χ1v) is 7.65. The summed E-state index contributed by atoms with van der Waals surface area (Å²) >= 11 is 0. The summed E-state index contributed by atoms with van der Waals surface area (Å²) in [5.74, 6) is 0.0137. The Morgan fingerprint density at radius 2 is 2.38 bits per heavy atom. The zero-order chi connectivity index (χ0) is 14.7. The lowest BCUT2D eigenvalue weighted by molar-refractivity contribution is -0.0470. The average Bonchev–Trinajstić information content (AvgIpc) is 2.96. The number of rotatable bonds is 5. The van der Waals surface area contributed by atoms with E-state index in [1.165, 1.54) is 26.5 Å². The molecule has 4 nitrogen and oxygen atoms in total. The van der Waals surface area contributed by atoms with Crippen LogP contribution in [0.5, 0.6) is 5.75 Å². The number of hydrogen-bond acceptors (Lipinski definition) is 4. The van der Waals surface area contributed by atoms with Crippen molar-refractivity contribution in [1.82, 2.24) is 10.2 Å². The van der Waals surface area contributed by atoms with Gasteiger partial charge in [-0.25, -0.2) is 4.39 Å². The van der Waals surface area contributed by atoms with Gasteiger partial charge in [0.1, 0.15) is 0 Å². The lowest BCUT2D eigenvalue weighted by Crippen LogP contribution is -2.49. The predicted octanol–water partition coefficient (Wildman–Crippen LogP) is 1.79. The van der Waals surface area contributed by atoms with Gasteiger partial charge in [0.25, 0.3) is 0 Å². The Balaban J connectivity index is 1.48. The highest BCUT2D eigenvalue weighted by Crippen LogP contribution is 2.23. The van der Waals surface area contributed by atoms with Crippen molar-refractivity contribution in [2.75, 3.05) is 33.4 Å². The molecular weight excluding hydrogens is 271 g/mol. The highest BCUT2D eigenvalue weighted by atomic mass is 19.1. The zero-order valence-electron chi connectivity index (χ0n) is 12.5. The summed E-state index contributed by atoms with van der Waals surface area (Å²) in [7, 11) is 1.48. The normalized spacial score (nSPS) is 25.8. The molecule has 0 bridgehead atoms. The highest BCUT2D eigenvalue weighted by Gasteiger charge is 2.31. The van der Waals surface area contributed by atoms with Gasteiger partial charge in [-0.2, -0.15) is 0 Å². The Morgan fingerprint density at radius 1 is 1.48 bits per heavy atom. The van der Waals surface area contributed by atoms with Crippen LogP contribution in [0.4, 0.5) is 4.39 Å². The molecule has 2 saturated heterocycles. The zero-order valence-corrected chi connectivity index (χ0v) is 12.5. The van der Waals surface area contributed by atoms with Gasteiger partial charge in [-0.15, -0.1) is 0 Å². The third kappa shape index (κ3) is 3.36. The summed E-state index contributed by atoms with van der Waals surface area (Å²) in [5.41, 5.74) is 0.629. The molecule has 0 aliphatic carbocycles. The number of nitrogens with one attached hydrogen (secondary N) is 1. The molecule has 0 amide bonds. The molecule has 2 fully saturated rings. The van der Waals surface area contributed by atoms with Gasteiger partial charge in [0.2, 0.25) is 0 Å². The summed E-state index contributed by atoms with van der Waals surface area (Å²) in [4.78, 5) is 2.52. The van der Waals surface area contributed by atoms with E-state index in [4.69, 9.17) is 9.47 Å². The summed E-state index contributed by atoms with van der Waals surface area (Å²) in [6.45, 7) is 4.25. The third-order valence-corrected chi connectivity index (χ3v) is 4.41. The van der Waals surface area contributed by atoms with Gasteiger partial charge < -0.3 is 14.8 Å². The molecule has 21 heavy (non-hydrogen) atoms. The van der Waals surface area contributed by atoms with Gasteiger partial charge in [0.05, 0.1) is 19.8 Å². The molecule has 2 heterocycles. The third-order valence-electron chi connectivity index (χ3n) is 4.41. The molecule has 1 aromatic rings. The van der Waals surface area contributed by atoms with Crippen LogP contribution in [-0.4, -0.2) is 50.4 Å². The molecule has 2 aliphatic heterocycles. The maximum absolute atomic E-state index is 14.0. The predicted molar refractivity (Wildman–Crippen MR) is 79.0 cm³/mol. The van der Waals surface area contributed by atoms with Crippen molar-refractivity contribution in [3.8, 4) is 5.75 Å². The molecule has 0 spiro atoms. The van der Waals surface area contributed by atoms with E-state index in [2.05, 4.69) is 10.2 Å². The summed E-state index contributed by atoms with van der Waals surface area (Å²) in [6, 6.07) is 5.85. The Kier molecular flexibility index (Phi) is 4.73. The highest BCUT2D eigenvalue weighted by molar-refractivity contribution is 5.30. The van der Waals surface area contributed by atoms with Crippen LogP contribution in [0, 0.1) is 5.82 Å². The molecule has 3 rings (SSSR count). The largest absolute Gasteiger partial charge is 0.494 e. The molecule has 5 heteroatoms. The minimum absolute atomic E-state index is 0.202. The van der Waals surface area contributed by atoms with E-state index in [0.717, 1.165) is 19.7 Å². The lowest BCUT2D eigenvalue weighted by Gasteiger charge is -2.35. The molecule has 2 atom stereocenters. The Bertz CT molecular complexity index is 483. The van der Waals surface area contributed by atoms with E-state index in [0.29, 0.717) is 23.9 Å². The first kappa shape index (κ1) is 14.8. The lowest BCUT2D eigenvalue weighted by atomic mass is 10.1. The maximum atomic E-state index is 14.0. The van der Waals surface area contributed by atoms with Gasteiger partial charge in [0.15, 0.2) is 11.6 Å². The fourth-order valence-corrected chi connectivity index (χ4v) is 3.23. The number of halogens is 1. The van der Waals surface area contributed by atoms with Crippen molar-refractivity contribution >= 4 is 0 Å². The van der Waals surface area contributed by atoms with Crippen LogP contribution >= 0.6 is 0 Å². The number of methoxy groups -OCH3 is 1. The van der Waals surface area contributed by atoms with Crippen LogP contribution < -0.4 is 10.1 Å². The number of morpholine rings is 1. The molecule has 2 aliphatic rings. The standard InChI is InChI=1S/C16H23FN2O2/c1-20-15-6-2-4-12(16(15)17)8-18-9-14-10-19-7-3-5-13(19)11-21-14/h2,4,6,13-14,18H,3,5,7-11H2,1H3. The molecule has 1 aromatic carbocycles. The van der Waals surface area contributed by atoms with Crippen molar-refractivity contribution in [3.63, 3.8) is 0 Å². The van der Waals surface area contributed by atoms with Crippen LogP contribution in [0.3, 0.4) is 0 Å². The summed E-state index contributed by atoms with van der Waals surface area (Å²) in [6.07, 6.45) is 2.74. The average molecular weight is 294 g/mol. The van der Waals surface area contributed by atoms with E-state index < -0.39 is 0 Å². The monoisotopic (exact) mass is 294 g/mol. The van der Waals surface area contributed by atoms with Gasteiger partial charge in [-0.05, 0) is 25.5 Å². The van der Waals surface area contributed by atoms with Crippen LogP contribution in [0.1, 0.15) is 18.4 Å². The molecular formula is C16H23FN2O2. The minimum Gasteiger partial charge on any atom is -0.494 e. The maximum Gasteiger partial charge on any atom is 0.169 e. The molecule has 2 unspecified atom stereocenters. The molecule has 1 N–H and O–H groups in total. The minimum atomic E-state index is -0.281. The molecule has 0 aromatic heterocycles. The SMILES string of the molecule is COc1cccc(CNCC2CN3CCCC3CO2)c1F. The molecule has 0 saturated carbocycles.